The molecule has 0 bridgehead atoms. The quantitative estimate of drug-likeness (QED) is 0.582. The fraction of sp³-hybridized carbons (Fsp3) is 0.273. The Bertz CT molecular complexity index is 1160. The van der Waals surface area contributed by atoms with Crippen molar-refractivity contribution in [2.24, 2.45) is 0 Å². The Labute approximate surface area is 184 Å². The topological polar surface area (TPSA) is 104 Å². The lowest BCUT2D eigenvalue weighted by molar-refractivity contribution is -0.126. The highest BCUT2D eigenvalue weighted by atomic mass is 32.2. The Morgan fingerprint density at radius 1 is 1.23 bits per heavy atom. The average molecular weight is 438 g/mol. The van der Waals surface area contributed by atoms with Gasteiger partial charge >= 0.3 is 0 Å². The number of aromatic nitrogens is 3. The molecule has 31 heavy (non-hydrogen) atoms. The number of aryl methyl sites for hydroxylation is 1. The number of anilines is 2. The van der Waals surface area contributed by atoms with Crippen LogP contribution in [0.1, 0.15) is 38.1 Å². The van der Waals surface area contributed by atoms with E-state index in [4.69, 9.17) is 4.42 Å². The number of nitrogens with zero attached hydrogens (tertiary/aromatic N) is 3. The minimum atomic E-state index is -1.02. The largest absolute Gasteiger partial charge is 0.462 e. The summed E-state index contributed by atoms with van der Waals surface area (Å²) in [6.45, 7) is 7.14. The Hall–Kier alpha value is -3.33. The van der Waals surface area contributed by atoms with E-state index in [0.29, 0.717) is 22.4 Å². The third-order valence-electron chi connectivity index (χ3n) is 5.01. The smallest absolute Gasteiger partial charge is 0.250 e. The molecule has 1 aliphatic heterocycles. The van der Waals surface area contributed by atoms with E-state index in [0.717, 1.165) is 11.5 Å². The number of fused-ring (bicyclic) bond motifs is 1. The number of rotatable bonds is 5. The van der Waals surface area contributed by atoms with Gasteiger partial charge in [-0.2, -0.15) is 0 Å². The molecule has 3 heterocycles. The highest BCUT2D eigenvalue weighted by Crippen LogP contribution is 2.38. The van der Waals surface area contributed by atoms with E-state index in [1.54, 1.807) is 43.9 Å². The summed E-state index contributed by atoms with van der Waals surface area (Å²) in [6, 6.07) is 11.0. The summed E-state index contributed by atoms with van der Waals surface area (Å²) in [7, 11) is 0. The van der Waals surface area contributed by atoms with Crippen molar-refractivity contribution in [3.8, 4) is 0 Å². The third kappa shape index (κ3) is 4.13. The Morgan fingerprint density at radius 3 is 2.74 bits per heavy atom. The Morgan fingerprint density at radius 2 is 2.00 bits per heavy atom. The molecule has 0 fully saturated rings. The number of amides is 2. The molecule has 0 aliphatic carbocycles. The van der Waals surface area contributed by atoms with Crippen molar-refractivity contribution < 1.29 is 14.0 Å². The standard InChI is InChI=1S/C22H23N5O3S/c1-13-9-10-15(30-13)11-12-18-24-21(26-25-18)31-14(2)19(28)27-17-8-6-5-7-16(17)23-20(29)22(27,3)4/h5-12,14H,1-4H3,(H,23,29)(H,24,25,26). The zero-order valence-electron chi connectivity index (χ0n) is 17.7. The van der Waals surface area contributed by atoms with E-state index in [2.05, 4.69) is 20.5 Å². The predicted molar refractivity (Wildman–Crippen MR) is 121 cm³/mol. The van der Waals surface area contributed by atoms with Crippen molar-refractivity contribution >= 4 is 47.1 Å². The van der Waals surface area contributed by atoms with Crippen molar-refractivity contribution in [3.63, 3.8) is 0 Å². The second-order valence-electron chi connectivity index (χ2n) is 7.75. The Kier molecular flexibility index (Phi) is 5.45. The van der Waals surface area contributed by atoms with Crippen molar-refractivity contribution in [2.45, 2.75) is 43.6 Å². The number of hydrogen-bond acceptors (Lipinski definition) is 6. The summed E-state index contributed by atoms with van der Waals surface area (Å²) in [5.74, 6) is 1.69. The molecule has 1 aliphatic rings. The summed E-state index contributed by atoms with van der Waals surface area (Å²) in [6.07, 6.45) is 3.55. The van der Waals surface area contributed by atoms with E-state index < -0.39 is 10.8 Å². The van der Waals surface area contributed by atoms with Crippen LogP contribution in [0.4, 0.5) is 11.4 Å². The molecular formula is C22H23N5O3S. The molecule has 2 aromatic heterocycles. The molecule has 3 aromatic rings. The molecule has 0 radical (unpaired) electrons. The second-order valence-corrected chi connectivity index (χ2v) is 9.06. The van der Waals surface area contributed by atoms with Gasteiger partial charge in [-0.25, -0.2) is 4.98 Å². The molecule has 1 atom stereocenters. The van der Waals surface area contributed by atoms with Gasteiger partial charge in [0.05, 0.1) is 16.6 Å². The monoisotopic (exact) mass is 437 g/mol. The van der Waals surface area contributed by atoms with Crippen LogP contribution >= 0.6 is 11.8 Å². The zero-order chi connectivity index (χ0) is 22.2. The molecule has 0 saturated heterocycles. The molecule has 4 rings (SSSR count). The van der Waals surface area contributed by atoms with E-state index >= 15 is 0 Å². The SMILES string of the molecule is Cc1ccc(C=Cc2nc(SC(C)C(=O)N3c4ccccc4NC(=O)C3(C)C)n[nH]2)o1. The minimum Gasteiger partial charge on any atom is -0.462 e. The first-order valence-corrected chi connectivity index (χ1v) is 10.7. The van der Waals surface area contributed by atoms with Gasteiger partial charge in [0, 0.05) is 0 Å². The first-order chi connectivity index (χ1) is 14.8. The number of para-hydroxylation sites is 2. The van der Waals surface area contributed by atoms with Crippen LogP contribution in [-0.4, -0.2) is 37.8 Å². The second kappa shape index (κ2) is 8.07. The molecule has 2 amide bonds. The normalized spacial score (nSPS) is 16.3. The molecular weight excluding hydrogens is 414 g/mol. The molecule has 1 aromatic carbocycles. The highest BCUT2D eigenvalue weighted by Gasteiger charge is 2.44. The number of thioether (sulfide) groups is 1. The van der Waals surface area contributed by atoms with Crippen LogP contribution in [0.2, 0.25) is 0 Å². The highest BCUT2D eigenvalue weighted by molar-refractivity contribution is 8.00. The minimum absolute atomic E-state index is 0.190. The van der Waals surface area contributed by atoms with E-state index in [-0.39, 0.29) is 11.8 Å². The molecule has 0 spiro atoms. The van der Waals surface area contributed by atoms with Crippen LogP contribution in [-0.2, 0) is 9.59 Å². The molecule has 0 saturated carbocycles. The number of furan rings is 1. The van der Waals surface area contributed by atoms with Crippen LogP contribution in [0.15, 0.2) is 46.0 Å². The van der Waals surface area contributed by atoms with Crippen LogP contribution in [0.25, 0.3) is 12.2 Å². The lowest BCUT2D eigenvalue weighted by Crippen LogP contribution is -2.60. The van der Waals surface area contributed by atoms with Crippen LogP contribution in [0, 0.1) is 6.92 Å². The maximum Gasteiger partial charge on any atom is 0.250 e. The molecule has 8 nitrogen and oxygen atoms in total. The van der Waals surface area contributed by atoms with Gasteiger partial charge < -0.3 is 9.73 Å². The maximum atomic E-state index is 13.4. The number of carbonyl (C=O) groups excluding carboxylic acids is 2. The van der Waals surface area contributed by atoms with Crippen LogP contribution in [0.3, 0.4) is 0 Å². The number of carbonyl (C=O) groups is 2. The van der Waals surface area contributed by atoms with Gasteiger partial charge in [-0.3, -0.25) is 19.6 Å². The zero-order valence-corrected chi connectivity index (χ0v) is 18.5. The number of aromatic amines is 1. The molecule has 160 valence electrons. The van der Waals surface area contributed by atoms with Gasteiger partial charge in [-0.15, -0.1) is 5.10 Å². The lowest BCUT2D eigenvalue weighted by Gasteiger charge is -2.42. The number of hydrogen-bond donors (Lipinski definition) is 2. The van der Waals surface area contributed by atoms with E-state index in [1.165, 1.54) is 11.8 Å². The number of nitrogens with one attached hydrogen (secondary N) is 2. The van der Waals surface area contributed by atoms with Gasteiger partial charge in [0.2, 0.25) is 17.0 Å². The Balaban J connectivity index is 1.51. The van der Waals surface area contributed by atoms with E-state index in [1.807, 2.05) is 37.3 Å². The van der Waals surface area contributed by atoms with Crippen molar-refractivity contribution in [2.75, 3.05) is 10.2 Å². The van der Waals surface area contributed by atoms with Crippen molar-refractivity contribution in [3.05, 3.63) is 53.7 Å². The summed E-state index contributed by atoms with van der Waals surface area (Å²) in [5, 5.41) is 9.86. The first kappa shape index (κ1) is 20.9. The number of benzene rings is 1. The lowest BCUT2D eigenvalue weighted by atomic mass is 9.96. The van der Waals surface area contributed by atoms with Gasteiger partial charge in [0.25, 0.3) is 0 Å². The van der Waals surface area contributed by atoms with Gasteiger partial charge in [-0.1, -0.05) is 23.9 Å². The van der Waals surface area contributed by atoms with Crippen molar-refractivity contribution in [1.29, 1.82) is 0 Å². The van der Waals surface area contributed by atoms with Crippen LogP contribution < -0.4 is 10.2 Å². The molecule has 1 unspecified atom stereocenters. The van der Waals surface area contributed by atoms with Gasteiger partial charge in [-0.05, 0) is 64.1 Å². The van der Waals surface area contributed by atoms with Crippen molar-refractivity contribution in [1.82, 2.24) is 15.2 Å². The average Bonchev–Trinajstić information content (AvgIpc) is 3.35. The van der Waals surface area contributed by atoms with Crippen LogP contribution in [0.5, 0.6) is 0 Å². The fourth-order valence-corrected chi connectivity index (χ4v) is 4.10. The summed E-state index contributed by atoms with van der Waals surface area (Å²) in [4.78, 5) is 32.0. The summed E-state index contributed by atoms with van der Waals surface area (Å²) in [5.41, 5.74) is 0.279. The number of H-pyrrole nitrogens is 1. The summed E-state index contributed by atoms with van der Waals surface area (Å²) < 4.78 is 5.50. The third-order valence-corrected chi connectivity index (χ3v) is 5.96. The molecule has 9 heteroatoms. The predicted octanol–water partition coefficient (Wildman–Crippen LogP) is 4.12. The van der Waals surface area contributed by atoms with Gasteiger partial charge in [0.15, 0.2) is 0 Å². The molecule has 2 N–H and O–H groups in total. The summed E-state index contributed by atoms with van der Waals surface area (Å²) >= 11 is 1.23. The fourth-order valence-electron chi connectivity index (χ4n) is 3.33. The first-order valence-electron chi connectivity index (χ1n) is 9.84. The maximum absolute atomic E-state index is 13.4. The van der Waals surface area contributed by atoms with E-state index in [9.17, 15) is 9.59 Å². The van der Waals surface area contributed by atoms with Gasteiger partial charge in [0.1, 0.15) is 22.9 Å².